The van der Waals surface area contributed by atoms with E-state index in [2.05, 4.69) is 5.32 Å². The van der Waals surface area contributed by atoms with Gasteiger partial charge in [0.15, 0.2) is 11.5 Å². The maximum Gasteiger partial charge on any atom is 0.416 e. The Morgan fingerprint density at radius 1 is 1.00 bits per heavy atom. The van der Waals surface area contributed by atoms with Crippen molar-refractivity contribution in [1.29, 1.82) is 0 Å². The van der Waals surface area contributed by atoms with Gasteiger partial charge in [-0.25, -0.2) is 0 Å². The first-order valence-electron chi connectivity index (χ1n) is 7.60. The number of benzene rings is 2. The minimum absolute atomic E-state index is 0.221. The van der Waals surface area contributed by atoms with E-state index in [1.54, 1.807) is 19.2 Å². The fourth-order valence-electron chi connectivity index (χ4n) is 3.17. The van der Waals surface area contributed by atoms with Crippen molar-refractivity contribution in [3.63, 3.8) is 0 Å². The zero-order chi connectivity index (χ0) is 17.3. The van der Waals surface area contributed by atoms with Crippen LogP contribution in [-0.2, 0) is 12.6 Å². The number of methoxy groups -OCH3 is 2. The van der Waals surface area contributed by atoms with Crippen molar-refractivity contribution in [3.8, 4) is 11.5 Å². The van der Waals surface area contributed by atoms with Gasteiger partial charge in [0.05, 0.1) is 25.8 Å². The minimum atomic E-state index is -4.40. The second-order valence-electron chi connectivity index (χ2n) is 5.63. The van der Waals surface area contributed by atoms with Crippen LogP contribution in [0.1, 0.15) is 28.3 Å². The van der Waals surface area contributed by atoms with E-state index in [0.29, 0.717) is 18.0 Å². The fraction of sp³-hybridized carbons (Fsp3) is 0.333. The highest BCUT2D eigenvalue weighted by Gasteiger charge is 2.36. The summed E-state index contributed by atoms with van der Waals surface area (Å²) in [6, 6.07) is 8.74. The molecule has 2 aromatic carbocycles. The molecule has 1 atom stereocenters. The SMILES string of the molecule is COc1cc2c(cc1OC)[C@@H](c1ccccc1C(F)(F)F)NCC2. The van der Waals surface area contributed by atoms with Crippen molar-refractivity contribution in [2.24, 2.45) is 0 Å². The second kappa shape index (κ2) is 6.36. The van der Waals surface area contributed by atoms with Crippen molar-refractivity contribution >= 4 is 0 Å². The summed E-state index contributed by atoms with van der Waals surface area (Å²) in [5.74, 6) is 1.09. The zero-order valence-corrected chi connectivity index (χ0v) is 13.4. The smallest absolute Gasteiger partial charge is 0.416 e. The van der Waals surface area contributed by atoms with E-state index >= 15 is 0 Å². The lowest BCUT2D eigenvalue weighted by Gasteiger charge is -2.30. The quantitative estimate of drug-likeness (QED) is 0.920. The first-order valence-corrected chi connectivity index (χ1v) is 7.60. The molecule has 24 heavy (non-hydrogen) atoms. The van der Waals surface area contributed by atoms with E-state index in [0.717, 1.165) is 23.6 Å². The average molecular weight is 337 g/mol. The number of fused-ring (bicyclic) bond motifs is 1. The lowest BCUT2D eigenvalue weighted by molar-refractivity contribution is -0.138. The second-order valence-corrected chi connectivity index (χ2v) is 5.63. The molecule has 0 radical (unpaired) electrons. The maximum atomic E-state index is 13.4. The Bertz CT molecular complexity index is 744. The summed E-state index contributed by atoms with van der Waals surface area (Å²) >= 11 is 0. The number of rotatable bonds is 3. The first-order chi connectivity index (χ1) is 11.5. The van der Waals surface area contributed by atoms with Crippen LogP contribution in [0.5, 0.6) is 11.5 Å². The Balaban J connectivity index is 2.14. The van der Waals surface area contributed by atoms with Crippen molar-refractivity contribution in [3.05, 3.63) is 58.7 Å². The van der Waals surface area contributed by atoms with Crippen LogP contribution < -0.4 is 14.8 Å². The van der Waals surface area contributed by atoms with E-state index in [-0.39, 0.29) is 5.56 Å². The van der Waals surface area contributed by atoms with Gasteiger partial charge in [0.2, 0.25) is 0 Å². The third-order valence-electron chi connectivity index (χ3n) is 4.28. The summed E-state index contributed by atoms with van der Waals surface area (Å²) in [4.78, 5) is 0. The molecule has 1 aliphatic rings. The summed E-state index contributed by atoms with van der Waals surface area (Å²) in [5.41, 5.74) is 1.35. The van der Waals surface area contributed by atoms with E-state index in [1.165, 1.54) is 19.2 Å². The van der Waals surface area contributed by atoms with Gasteiger partial charge >= 0.3 is 6.18 Å². The molecule has 1 aliphatic heterocycles. The van der Waals surface area contributed by atoms with Gasteiger partial charge in [-0.05, 0) is 41.3 Å². The molecule has 2 aromatic rings. The highest BCUT2D eigenvalue weighted by molar-refractivity contribution is 5.52. The van der Waals surface area contributed by atoms with Crippen molar-refractivity contribution in [2.45, 2.75) is 18.6 Å². The molecule has 1 N–H and O–H groups in total. The van der Waals surface area contributed by atoms with Crippen LogP contribution in [0, 0.1) is 0 Å². The molecule has 6 heteroatoms. The zero-order valence-electron chi connectivity index (χ0n) is 13.4. The lowest BCUT2D eigenvalue weighted by Crippen LogP contribution is -2.32. The number of halogens is 3. The van der Waals surface area contributed by atoms with E-state index in [4.69, 9.17) is 9.47 Å². The Morgan fingerprint density at radius 2 is 1.67 bits per heavy atom. The average Bonchev–Trinajstić information content (AvgIpc) is 2.59. The molecule has 128 valence electrons. The third kappa shape index (κ3) is 2.94. The maximum absolute atomic E-state index is 13.4. The number of nitrogens with one attached hydrogen (secondary N) is 1. The first kappa shape index (κ1) is 16.6. The van der Waals surface area contributed by atoms with E-state index in [9.17, 15) is 13.2 Å². The molecule has 3 nitrogen and oxygen atoms in total. The number of hydrogen-bond acceptors (Lipinski definition) is 3. The number of alkyl halides is 3. The lowest BCUT2D eigenvalue weighted by atomic mass is 9.87. The highest BCUT2D eigenvalue weighted by Crippen LogP contribution is 2.41. The minimum Gasteiger partial charge on any atom is -0.493 e. The molecule has 0 saturated heterocycles. The van der Waals surface area contributed by atoms with Crippen LogP contribution >= 0.6 is 0 Å². The highest BCUT2D eigenvalue weighted by atomic mass is 19.4. The molecule has 0 amide bonds. The summed E-state index contributed by atoms with van der Waals surface area (Å²) in [5, 5.41) is 3.20. The van der Waals surface area contributed by atoms with Gasteiger partial charge in [-0.15, -0.1) is 0 Å². The molecular weight excluding hydrogens is 319 g/mol. The van der Waals surface area contributed by atoms with Crippen molar-refractivity contribution in [2.75, 3.05) is 20.8 Å². The predicted molar refractivity (Wildman–Crippen MR) is 84.5 cm³/mol. The van der Waals surface area contributed by atoms with Crippen LogP contribution in [0.25, 0.3) is 0 Å². The standard InChI is InChI=1S/C18H18F3NO2/c1-23-15-9-11-7-8-22-17(13(11)10-16(15)24-2)12-5-3-4-6-14(12)18(19,20)21/h3-6,9-10,17,22H,7-8H2,1-2H3/t17-/m1/s1. The van der Waals surface area contributed by atoms with Gasteiger partial charge < -0.3 is 14.8 Å². The Morgan fingerprint density at radius 3 is 2.33 bits per heavy atom. The summed E-state index contributed by atoms with van der Waals surface area (Å²) < 4.78 is 50.7. The molecule has 0 aliphatic carbocycles. The molecule has 1 heterocycles. The molecule has 0 saturated carbocycles. The molecule has 0 bridgehead atoms. The van der Waals surface area contributed by atoms with Gasteiger partial charge in [-0.1, -0.05) is 18.2 Å². The Labute approximate surface area is 138 Å². The van der Waals surface area contributed by atoms with Crippen molar-refractivity contribution in [1.82, 2.24) is 5.32 Å². The van der Waals surface area contributed by atoms with Crippen LogP contribution in [0.3, 0.4) is 0 Å². The summed E-state index contributed by atoms with van der Waals surface area (Å²) in [6.45, 7) is 0.597. The Hall–Kier alpha value is -2.21. The molecule has 0 aromatic heterocycles. The predicted octanol–water partition coefficient (Wildman–Crippen LogP) is 3.96. The van der Waals surface area contributed by atoms with E-state index in [1.807, 2.05) is 6.07 Å². The topological polar surface area (TPSA) is 30.5 Å². The van der Waals surface area contributed by atoms with Gasteiger partial charge in [0.1, 0.15) is 0 Å². The van der Waals surface area contributed by atoms with Gasteiger partial charge in [0, 0.05) is 6.54 Å². The van der Waals surface area contributed by atoms with Crippen molar-refractivity contribution < 1.29 is 22.6 Å². The van der Waals surface area contributed by atoms with Crippen LogP contribution in [-0.4, -0.2) is 20.8 Å². The fourth-order valence-corrected chi connectivity index (χ4v) is 3.17. The van der Waals surface area contributed by atoms with Crippen LogP contribution in [0.2, 0.25) is 0 Å². The van der Waals surface area contributed by atoms with Gasteiger partial charge in [-0.2, -0.15) is 13.2 Å². The van der Waals surface area contributed by atoms with Gasteiger partial charge in [0.25, 0.3) is 0 Å². The normalized spacial score (nSPS) is 17.3. The van der Waals surface area contributed by atoms with Gasteiger partial charge in [-0.3, -0.25) is 0 Å². The number of ether oxygens (including phenoxy) is 2. The summed E-state index contributed by atoms with van der Waals surface area (Å²) in [6.07, 6.45) is -3.67. The monoisotopic (exact) mass is 337 g/mol. The van der Waals surface area contributed by atoms with E-state index < -0.39 is 17.8 Å². The molecule has 0 fully saturated rings. The molecule has 0 unspecified atom stereocenters. The van der Waals surface area contributed by atoms with Crippen LogP contribution in [0.4, 0.5) is 13.2 Å². The largest absolute Gasteiger partial charge is 0.493 e. The third-order valence-corrected chi connectivity index (χ3v) is 4.28. The Kier molecular flexibility index (Phi) is 4.41. The molecular formula is C18H18F3NO2. The van der Waals surface area contributed by atoms with Crippen LogP contribution in [0.15, 0.2) is 36.4 Å². The summed E-state index contributed by atoms with van der Waals surface area (Å²) in [7, 11) is 3.06. The number of hydrogen-bond donors (Lipinski definition) is 1. The molecule has 3 rings (SSSR count). The molecule has 0 spiro atoms.